The van der Waals surface area contributed by atoms with E-state index in [9.17, 15) is 9.59 Å². The first-order valence-corrected chi connectivity index (χ1v) is 9.61. The first kappa shape index (κ1) is 20.6. The van der Waals surface area contributed by atoms with Crippen molar-refractivity contribution >= 4 is 17.9 Å². The molecule has 0 aliphatic carbocycles. The van der Waals surface area contributed by atoms with Crippen LogP contribution in [-0.4, -0.2) is 57.9 Å². The summed E-state index contributed by atoms with van der Waals surface area (Å²) in [7, 11) is 1.58. The van der Waals surface area contributed by atoms with Gasteiger partial charge in [-0.05, 0) is 45.7 Å². The third-order valence-electron chi connectivity index (χ3n) is 4.53. The number of aromatic nitrogens is 3. The van der Waals surface area contributed by atoms with Crippen molar-refractivity contribution in [2.45, 2.75) is 39.2 Å². The molecule has 2 N–H and O–H groups in total. The molecule has 0 saturated carbocycles. The molecule has 1 aliphatic rings. The maximum Gasteiger partial charge on any atom is 0.410 e. The van der Waals surface area contributed by atoms with Crippen LogP contribution in [0.3, 0.4) is 0 Å². The summed E-state index contributed by atoms with van der Waals surface area (Å²) < 4.78 is 10.7. The van der Waals surface area contributed by atoms with Gasteiger partial charge in [-0.15, -0.1) is 5.10 Å². The largest absolute Gasteiger partial charge is 0.496 e. The summed E-state index contributed by atoms with van der Waals surface area (Å²) in [6, 6.07) is 7.40. The first-order chi connectivity index (χ1) is 13.8. The average molecular weight is 401 g/mol. The van der Waals surface area contributed by atoms with Crippen LogP contribution in [-0.2, 0) is 9.53 Å². The number of hydrogen-bond donors (Lipinski definition) is 2. The summed E-state index contributed by atoms with van der Waals surface area (Å²) in [5.74, 6) is 0.775. The van der Waals surface area contributed by atoms with Crippen molar-refractivity contribution < 1.29 is 19.1 Å². The predicted octanol–water partition coefficient (Wildman–Crippen LogP) is 3.07. The van der Waals surface area contributed by atoms with Gasteiger partial charge >= 0.3 is 6.09 Å². The fourth-order valence-corrected chi connectivity index (χ4v) is 3.17. The molecule has 1 atom stereocenters. The first-order valence-electron chi connectivity index (χ1n) is 9.61. The Morgan fingerprint density at radius 3 is 2.76 bits per heavy atom. The summed E-state index contributed by atoms with van der Waals surface area (Å²) in [4.78, 5) is 30.9. The zero-order valence-electron chi connectivity index (χ0n) is 17.2. The van der Waals surface area contributed by atoms with Crippen molar-refractivity contribution in [1.82, 2.24) is 20.1 Å². The molecule has 1 aliphatic heterocycles. The number of ether oxygens (including phenoxy) is 2. The van der Waals surface area contributed by atoms with Crippen LogP contribution < -0.4 is 10.1 Å². The summed E-state index contributed by atoms with van der Waals surface area (Å²) in [5, 5.41) is 9.63. The van der Waals surface area contributed by atoms with Crippen molar-refractivity contribution in [3.63, 3.8) is 0 Å². The standard InChI is InChI=1S/C20H27N5O4/c1-20(2,3)29-19(27)25-11-7-8-13(12-25)17(26)22-18-21-16(23-24-18)14-9-5-6-10-15(14)28-4/h5-6,9-10,13H,7-8,11-12H2,1-4H3,(H2,21,22,23,24,26)/t13-/m1/s1. The van der Waals surface area contributed by atoms with Gasteiger partial charge in [0.25, 0.3) is 0 Å². The van der Waals surface area contributed by atoms with Crippen LogP contribution in [0.5, 0.6) is 5.75 Å². The van der Waals surface area contributed by atoms with E-state index in [4.69, 9.17) is 9.47 Å². The molecule has 0 radical (unpaired) electrons. The van der Waals surface area contributed by atoms with E-state index >= 15 is 0 Å². The zero-order valence-corrected chi connectivity index (χ0v) is 17.2. The molecule has 0 spiro atoms. The quantitative estimate of drug-likeness (QED) is 0.815. The number of aromatic amines is 1. The second-order valence-electron chi connectivity index (χ2n) is 7.96. The number of rotatable bonds is 4. The number of benzene rings is 1. The Morgan fingerprint density at radius 2 is 2.03 bits per heavy atom. The van der Waals surface area contributed by atoms with Gasteiger partial charge in [0.05, 0.1) is 18.6 Å². The molecule has 29 heavy (non-hydrogen) atoms. The van der Waals surface area contributed by atoms with Crippen LogP contribution in [0.4, 0.5) is 10.7 Å². The zero-order chi connectivity index (χ0) is 21.0. The van der Waals surface area contributed by atoms with Crippen LogP contribution >= 0.6 is 0 Å². The Labute approximate surface area is 169 Å². The lowest BCUT2D eigenvalue weighted by Gasteiger charge is -2.33. The predicted molar refractivity (Wildman–Crippen MR) is 108 cm³/mol. The van der Waals surface area contributed by atoms with Gasteiger partial charge in [0, 0.05) is 13.1 Å². The number of H-pyrrole nitrogens is 1. The van der Waals surface area contributed by atoms with Crippen LogP contribution in [0.1, 0.15) is 33.6 Å². The lowest BCUT2D eigenvalue weighted by molar-refractivity contribution is -0.121. The van der Waals surface area contributed by atoms with Crippen molar-refractivity contribution in [2.75, 3.05) is 25.5 Å². The monoisotopic (exact) mass is 401 g/mol. The third kappa shape index (κ3) is 5.24. The van der Waals surface area contributed by atoms with E-state index in [0.29, 0.717) is 31.1 Å². The summed E-state index contributed by atoms with van der Waals surface area (Å²) in [6.07, 6.45) is 1.03. The highest BCUT2D eigenvalue weighted by atomic mass is 16.6. The SMILES string of the molecule is COc1ccccc1-c1nc(NC(=O)[C@@H]2CCCN(C(=O)OC(C)(C)C)C2)n[nH]1. The van der Waals surface area contributed by atoms with Crippen LogP contribution in [0.2, 0.25) is 0 Å². The Morgan fingerprint density at radius 1 is 1.28 bits per heavy atom. The number of piperidine rings is 1. The van der Waals surface area contributed by atoms with E-state index in [1.54, 1.807) is 12.0 Å². The molecular weight excluding hydrogens is 374 g/mol. The van der Waals surface area contributed by atoms with Crippen LogP contribution in [0.15, 0.2) is 24.3 Å². The molecule has 156 valence electrons. The fraction of sp³-hybridized carbons (Fsp3) is 0.500. The number of anilines is 1. The number of likely N-dealkylation sites (tertiary alicyclic amines) is 1. The topological polar surface area (TPSA) is 109 Å². The van der Waals surface area contributed by atoms with Gasteiger partial charge < -0.3 is 14.4 Å². The molecule has 9 nitrogen and oxygen atoms in total. The Kier molecular flexibility index (Phi) is 6.05. The molecule has 1 fully saturated rings. The second-order valence-corrected chi connectivity index (χ2v) is 7.96. The van der Waals surface area contributed by atoms with Gasteiger partial charge in [-0.2, -0.15) is 4.98 Å². The molecular formula is C20H27N5O4. The number of amides is 2. The number of carbonyl (C=O) groups excluding carboxylic acids is 2. The van der Waals surface area contributed by atoms with Crippen LogP contribution in [0.25, 0.3) is 11.4 Å². The van der Waals surface area contributed by atoms with Gasteiger partial charge in [0.1, 0.15) is 11.4 Å². The molecule has 0 unspecified atom stereocenters. The van der Waals surface area contributed by atoms with E-state index in [2.05, 4.69) is 20.5 Å². The number of carbonyl (C=O) groups is 2. The van der Waals surface area contributed by atoms with E-state index < -0.39 is 11.7 Å². The van der Waals surface area contributed by atoms with E-state index in [1.165, 1.54) is 0 Å². The minimum Gasteiger partial charge on any atom is -0.496 e. The van der Waals surface area contributed by atoms with Crippen molar-refractivity contribution in [3.8, 4) is 17.1 Å². The van der Waals surface area contributed by atoms with Gasteiger partial charge in [-0.25, -0.2) is 4.79 Å². The maximum absolute atomic E-state index is 12.7. The summed E-state index contributed by atoms with van der Waals surface area (Å²) >= 11 is 0. The van der Waals surface area contributed by atoms with Crippen molar-refractivity contribution in [1.29, 1.82) is 0 Å². The Balaban J connectivity index is 1.63. The van der Waals surface area contributed by atoms with Crippen LogP contribution in [0, 0.1) is 5.92 Å². The number of hydrogen-bond acceptors (Lipinski definition) is 6. The molecule has 0 bridgehead atoms. The second kappa shape index (κ2) is 8.50. The molecule has 1 aromatic heterocycles. The molecule has 1 saturated heterocycles. The lowest BCUT2D eigenvalue weighted by Crippen LogP contribution is -2.45. The smallest absolute Gasteiger partial charge is 0.410 e. The summed E-state index contributed by atoms with van der Waals surface area (Å²) in [5.41, 5.74) is 0.178. The minimum absolute atomic E-state index is 0.185. The Bertz CT molecular complexity index is 874. The molecule has 1 aromatic carbocycles. The highest BCUT2D eigenvalue weighted by molar-refractivity contribution is 5.91. The normalized spacial score (nSPS) is 17.0. The van der Waals surface area contributed by atoms with Gasteiger partial charge in [0.2, 0.25) is 11.9 Å². The molecule has 3 rings (SSSR count). The number of para-hydroxylation sites is 1. The highest BCUT2D eigenvalue weighted by Gasteiger charge is 2.31. The number of methoxy groups -OCH3 is 1. The van der Waals surface area contributed by atoms with Crippen molar-refractivity contribution in [3.05, 3.63) is 24.3 Å². The third-order valence-corrected chi connectivity index (χ3v) is 4.53. The van der Waals surface area contributed by atoms with Gasteiger partial charge in [0.15, 0.2) is 5.82 Å². The van der Waals surface area contributed by atoms with Gasteiger partial charge in [-0.1, -0.05) is 12.1 Å². The molecule has 2 amide bonds. The average Bonchev–Trinajstić information content (AvgIpc) is 3.15. The van der Waals surface area contributed by atoms with E-state index in [0.717, 1.165) is 12.0 Å². The maximum atomic E-state index is 12.7. The molecule has 9 heteroatoms. The summed E-state index contributed by atoms with van der Waals surface area (Å²) in [6.45, 7) is 6.35. The van der Waals surface area contributed by atoms with E-state index in [1.807, 2.05) is 45.0 Å². The highest BCUT2D eigenvalue weighted by Crippen LogP contribution is 2.27. The molecule has 2 aromatic rings. The fourth-order valence-electron chi connectivity index (χ4n) is 3.17. The minimum atomic E-state index is -0.569. The van der Waals surface area contributed by atoms with Gasteiger partial charge in [-0.3, -0.25) is 15.2 Å². The van der Waals surface area contributed by atoms with Crippen molar-refractivity contribution in [2.24, 2.45) is 5.92 Å². The number of nitrogens with zero attached hydrogens (tertiary/aromatic N) is 3. The molecule has 2 heterocycles. The van der Waals surface area contributed by atoms with E-state index in [-0.39, 0.29) is 17.8 Å². The number of nitrogens with one attached hydrogen (secondary N) is 2. The lowest BCUT2D eigenvalue weighted by atomic mass is 9.97. The Hall–Kier alpha value is -3.10.